The van der Waals surface area contributed by atoms with Crippen LogP contribution in [0.5, 0.6) is 5.75 Å². The number of fused-ring (bicyclic) bond motifs is 1. The number of urea groups is 1. The molecule has 0 unspecified atom stereocenters. The van der Waals surface area contributed by atoms with E-state index in [1.165, 1.54) is 5.56 Å². The van der Waals surface area contributed by atoms with Crippen LogP contribution in [0.4, 0.5) is 4.79 Å². The van der Waals surface area contributed by atoms with Crippen molar-refractivity contribution in [2.45, 2.75) is 44.7 Å². The summed E-state index contributed by atoms with van der Waals surface area (Å²) in [6.07, 6.45) is 3.40. The van der Waals surface area contributed by atoms with E-state index < -0.39 is 0 Å². The van der Waals surface area contributed by atoms with E-state index in [2.05, 4.69) is 11.4 Å². The summed E-state index contributed by atoms with van der Waals surface area (Å²) in [7, 11) is 0. The van der Waals surface area contributed by atoms with Crippen LogP contribution in [-0.2, 0) is 4.79 Å². The number of carbonyl (C=O) groups excluding carboxylic acids is 2. The number of carbonyl (C=O) groups is 2. The molecule has 3 heterocycles. The Bertz CT molecular complexity index is 682. The van der Waals surface area contributed by atoms with Crippen LogP contribution in [0.3, 0.4) is 0 Å². The Kier molecular flexibility index (Phi) is 4.27. The van der Waals surface area contributed by atoms with Crippen molar-refractivity contribution in [3.8, 4) is 5.75 Å². The summed E-state index contributed by atoms with van der Waals surface area (Å²) < 4.78 is 5.67. The number of hydrogen-bond donors (Lipinski definition) is 1. The van der Waals surface area contributed by atoms with Crippen LogP contribution in [0.2, 0.25) is 0 Å². The van der Waals surface area contributed by atoms with Gasteiger partial charge in [0.15, 0.2) is 0 Å². The fraction of sp³-hybridized carbons (Fsp3) is 0.579. The number of likely N-dealkylation sites (tertiary alicyclic amines) is 2. The molecular weight excluding hydrogens is 318 g/mol. The molecule has 2 saturated heterocycles. The molecule has 0 aromatic heterocycles. The highest BCUT2D eigenvalue weighted by molar-refractivity contribution is 5.78. The Morgan fingerprint density at radius 2 is 2.04 bits per heavy atom. The molecule has 0 aliphatic carbocycles. The van der Waals surface area contributed by atoms with Crippen LogP contribution in [0.15, 0.2) is 18.2 Å². The molecular formula is C19H25N3O3. The molecule has 3 amide bonds. The van der Waals surface area contributed by atoms with Gasteiger partial charge in [0.25, 0.3) is 0 Å². The molecule has 1 N–H and O–H groups in total. The van der Waals surface area contributed by atoms with E-state index in [-0.39, 0.29) is 18.0 Å². The Hall–Kier alpha value is -2.24. The molecule has 25 heavy (non-hydrogen) atoms. The number of hydrogen-bond acceptors (Lipinski definition) is 3. The average molecular weight is 343 g/mol. The van der Waals surface area contributed by atoms with Crippen LogP contribution >= 0.6 is 0 Å². The quantitative estimate of drug-likeness (QED) is 0.896. The summed E-state index contributed by atoms with van der Waals surface area (Å²) in [5.74, 6) is 1.14. The van der Waals surface area contributed by atoms with Crippen LogP contribution in [0.1, 0.15) is 42.9 Å². The molecule has 4 rings (SSSR count). The molecule has 1 atom stereocenters. The van der Waals surface area contributed by atoms with E-state index in [0.29, 0.717) is 32.2 Å². The van der Waals surface area contributed by atoms with Crippen molar-refractivity contribution in [1.82, 2.24) is 15.1 Å². The van der Waals surface area contributed by atoms with Gasteiger partial charge < -0.3 is 19.9 Å². The van der Waals surface area contributed by atoms with Crippen molar-refractivity contribution in [3.05, 3.63) is 29.3 Å². The molecule has 3 aliphatic heterocycles. The van der Waals surface area contributed by atoms with Gasteiger partial charge in [0, 0.05) is 37.7 Å². The van der Waals surface area contributed by atoms with E-state index in [4.69, 9.17) is 4.74 Å². The van der Waals surface area contributed by atoms with Crippen molar-refractivity contribution in [2.75, 3.05) is 26.2 Å². The fourth-order valence-electron chi connectivity index (χ4n) is 4.13. The van der Waals surface area contributed by atoms with Gasteiger partial charge in [-0.1, -0.05) is 17.7 Å². The first-order chi connectivity index (χ1) is 12.1. The van der Waals surface area contributed by atoms with Crippen molar-refractivity contribution >= 4 is 11.9 Å². The minimum Gasteiger partial charge on any atom is -0.491 e. The highest BCUT2D eigenvalue weighted by atomic mass is 16.5. The summed E-state index contributed by atoms with van der Waals surface area (Å²) >= 11 is 0. The number of benzene rings is 1. The van der Waals surface area contributed by atoms with Crippen LogP contribution < -0.4 is 10.1 Å². The summed E-state index contributed by atoms with van der Waals surface area (Å²) in [6, 6.07) is 6.26. The lowest BCUT2D eigenvalue weighted by Gasteiger charge is -2.37. The number of nitrogens with one attached hydrogen (secondary N) is 1. The minimum absolute atomic E-state index is 0.0332. The molecule has 0 radical (unpaired) electrons. The van der Waals surface area contributed by atoms with Gasteiger partial charge in [0.05, 0.1) is 6.04 Å². The van der Waals surface area contributed by atoms with Crippen LogP contribution in [0.25, 0.3) is 0 Å². The molecule has 0 saturated carbocycles. The van der Waals surface area contributed by atoms with E-state index in [1.807, 2.05) is 28.9 Å². The first-order valence-corrected chi connectivity index (χ1v) is 9.20. The lowest BCUT2D eigenvalue weighted by Crippen LogP contribution is -2.50. The number of nitrogens with zero attached hydrogens (tertiary/aromatic N) is 2. The first-order valence-electron chi connectivity index (χ1n) is 9.20. The maximum Gasteiger partial charge on any atom is 0.318 e. The zero-order chi connectivity index (χ0) is 17.4. The van der Waals surface area contributed by atoms with Crippen molar-refractivity contribution in [3.63, 3.8) is 0 Å². The monoisotopic (exact) mass is 343 g/mol. The minimum atomic E-state index is -0.0831. The molecule has 6 nitrogen and oxygen atoms in total. The van der Waals surface area contributed by atoms with E-state index in [1.54, 1.807) is 0 Å². The van der Waals surface area contributed by atoms with Crippen molar-refractivity contribution < 1.29 is 14.3 Å². The molecule has 3 aliphatic rings. The molecule has 0 bridgehead atoms. The van der Waals surface area contributed by atoms with Gasteiger partial charge in [0.2, 0.25) is 5.91 Å². The number of rotatable bonds is 2. The Labute approximate surface area is 148 Å². The number of piperidine rings is 1. The standard InChI is InChI=1S/C19H25N3O3/c1-13-4-5-17-15(11-13)16(12-25-17)20-19(24)21-9-6-14(7-10-21)22-8-2-3-18(22)23/h4-5,11,14,16H,2-3,6-10,12H2,1H3,(H,20,24)/t16-/m1/s1. The molecule has 134 valence electrons. The lowest BCUT2D eigenvalue weighted by molar-refractivity contribution is -0.130. The Balaban J connectivity index is 1.33. The van der Waals surface area contributed by atoms with Gasteiger partial charge in [-0.05, 0) is 32.3 Å². The average Bonchev–Trinajstić information content (AvgIpc) is 3.21. The highest BCUT2D eigenvalue weighted by Crippen LogP contribution is 2.33. The Morgan fingerprint density at radius 1 is 1.24 bits per heavy atom. The third-order valence-electron chi connectivity index (χ3n) is 5.55. The zero-order valence-electron chi connectivity index (χ0n) is 14.7. The summed E-state index contributed by atoms with van der Waals surface area (Å²) in [4.78, 5) is 28.4. The molecule has 1 aromatic rings. The lowest BCUT2D eigenvalue weighted by atomic mass is 10.0. The van der Waals surface area contributed by atoms with Gasteiger partial charge in [-0.3, -0.25) is 4.79 Å². The zero-order valence-corrected chi connectivity index (χ0v) is 14.7. The third-order valence-corrected chi connectivity index (χ3v) is 5.55. The summed E-state index contributed by atoms with van der Waals surface area (Å²) in [6.45, 7) is 4.82. The summed E-state index contributed by atoms with van der Waals surface area (Å²) in [5, 5.41) is 3.11. The van der Waals surface area contributed by atoms with Gasteiger partial charge in [-0.25, -0.2) is 4.79 Å². The van der Waals surface area contributed by atoms with Gasteiger partial charge in [-0.2, -0.15) is 0 Å². The number of aryl methyl sites for hydroxylation is 1. The van der Waals surface area contributed by atoms with Gasteiger partial charge >= 0.3 is 6.03 Å². The predicted molar refractivity (Wildman–Crippen MR) is 93.5 cm³/mol. The van der Waals surface area contributed by atoms with Crippen LogP contribution in [0, 0.1) is 6.92 Å². The second-order valence-corrected chi connectivity index (χ2v) is 7.26. The second-order valence-electron chi connectivity index (χ2n) is 7.26. The van der Waals surface area contributed by atoms with E-state index >= 15 is 0 Å². The van der Waals surface area contributed by atoms with Gasteiger partial charge in [0.1, 0.15) is 12.4 Å². The Morgan fingerprint density at radius 3 is 2.76 bits per heavy atom. The first kappa shape index (κ1) is 16.2. The maximum absolute atomic E-state index is 12.6. The molecule has 1 aromatic carbocycles. The molecule has 0 spiro atoms. The predicted octanol–water partition coefficient (Wildman–Crippen LogP) is 2.22. The molecule has 6 heteroatoms. The fourth-order valence-corrected chi connectivity index (χ4v) is 4.13. The van der Waals surface area contributed by atoms with Gasteiger partial charge in [-0.15, -0.1) is 0 Å². The van der Waals surface area contributed by atoms with E-state index in [9.17, 15) is 9.59 Å². The summed E-state index contributed by atoms with van der Waals surface area (Å²) in [5.41, 5.74) is 2.23. The normalized spacial score (nSPS) is 23.6. The van der Waals surface area contributed by atoms with Crippen molar-refractivity contribution in [1.29, 1.82) is 0 Å². The number of amides is 3. The maximum atomic E-state index is 12.6. The smallest absolute Gasteiger partial charge is 0.318 e. The highest BCUT2D eigenvalue weighted by Gasteiger charge is 2.33. The topological polar surface area (TPSA) is 61.9 Å². The SMILES string of the molecule is Cc1ccc2c(c1)[C@H](NC(=O)N1CCC(N3CCCC3=O)CC1)CO2. The molecule has 2 fully saturated rings. The van der Waals surface area contributed by atoms with E-state index in [0.717, 1.165) is 37.1 Å². The third kappa shape index (κ3) is 3.17. The largest absolute Gasteiger partial charge is 0.491 e. The second kappa shape index (κ2) is 6.58. The number of ether oxygens (including phenoxy) is 1. The van der Waals surface area contributed by atoms with Crippen LogP contribution in [-0.4, -0.2) is 54.0 Å². The van der Waals surface area contributed by atoms with Crippen molar-refractivity contribution in [2.24, 2.45) is 0 Å².